The second kappa shape index (κ2) is 6.58. The molecule has 0 heterocycles. The minimum atomic E-state index is -0.509. The van der Waals surface area contributed by atoms with Crippen molar-refractivity contribution in [3.05, 3.63) is 41.6 Å². The van der Waals surface area contributed by atoms with Crippen molar-refractivity contribution in [3.63, 3.8) is 0 Å². The smallest absolute Gasteiger partial charge is 0.339 e. The zero-order valence-electron chi connectivity index (χ0n) is 11.5. The molecule has 0 aliphatic carbocycles. The molecule has 5 heteroatoms. The molecule has 0 spiro atoms. The van der Waals surface area contributed by atoms with Crippen LogP contribution in [0.25, 0.3) is 5.57 Å². The first-order chi connectivity index (χ1) is 9.01. The number of esters is 2. The van der Waals surface area contributed by atoms with Crippen LogP contribution in [0.4, 0.5) is 0 Å². The quantitative estimate of drug-likeness (QED) is 0.609. The third-order valence-electron chi connectivity index (χ3n) is 2.42. The molecule has 0 saturated heterocycles. The van der Waals surface area contributed by atoms with Crippen LogP contribution in [0.2, 0.25) is 0 Å². The highest BCUT2D eigenvalue weighted by Gasteiger charge is 2.20. The molecule has 0 fully saturated rings. The van der Waals surface area contributed by atoms with Gasteiger partial charge in [0.2, 0.25) is 0 Å². The lowest BCUT2D eigenvalue weighted by molar-refractivity contribution is -0.133. The summed E-state index contributed by atoms with van der Waals surface area (Å²) in [6.45, 7) is 0. The molecule has 0 atom stereocenters. The number of carbonyl (C=O) groups is 2. The summed E-state index contributed by atoms with van der Waals surface area (Å²) in [7, 11) is 6.16. The fourth-order valence-electron chi connectivity index (χ4n) is 1.61. The first kappa shape index (κ1) is 14.8. The molecule has 1 aromatic rings. The van der Waals surface area contributed by atoms with Crippen molar-refractivity contribution >= 4 is 17.5 Å². The summed E-state index contributed by atoms with van der Waals surface area (Å²) in [5.41, 5.74) is 1.10. The van der Waals surface area contributed by atoms with Gasteiger partial charge in [-0.1, -0.05) is 18.2 Å². The SMILES string of the molecule is COC(=O)C(=CN(C)C)c1ccccc1C(=O)OC. The van der Waals surface area contributed by atoms with Crippen LogP contribution >= 0.6 is 0 Å². The van der Waals surface area contributed by atoms with Crippen molar-refractivity contribution in [2.45, 2.75) is 0 Å². The van der Waals surface area contributed by atoms with Crippen molar-refractivity contribution in [1.82, 2.24) is 4.90 Å². The van der Waals surface area contributed by atoms with Gasteiger partial charge in [-0.15, -0.1) is 0 Å². The van der Waals surface area contributed by atoms with E-state index in [1.165, 1.54) is 14.2 Å². The minimum absolute atomic E-state index is 0.300. The van der Waals surface area contributed by atoms with E-state index in [-0.39, 0.29) is 0 Å². The van der Waals surface area contributed by atoms with Crippen LogP contribution in [-0.2, 0) is 14.3 Å². The molecular weight excluding hydrogens is 246 g/mol. The molecule has 0 amide bonds. The van der Waals surface area contributed by atoms with Crippen LogP contribution in [0.3, 0.4) is 0 Å². The highest BCUT2D eigenvalue weighted by atomic mass is 16.5. The molecule has 1 rings (SSSR count). The summed E-state index contributed by atoms with van der Waals surface area (Å²) < 4.78 is 9.46. The number of hydrogen-bond donors (Lipinski definition) is 0. The number of nitrogens with zero attached hydrogens (tertiary/aromatic N) is 1. The Labute approximate surface area is 112 Å². The zero-order valence-corrected chi connectivity index (χ0v) is 11.5. The maximum absolute atomic E-state index is 11.8. The van der Waals surface area contributed by atoms with Crippen LogP contribution in [0.5, 0.6) is 0 Å². The third kappa shape index (κ3) is 3.58. The second-order valence-corrected chi connectivity index (χ2v) is 4.04. The standard InChI is InChI=1S/C14H17NO4/c1-15(2)9-12(14(17)19-4)10-7-5-6-8-11(10)13(16)18-3/h5-9H,1-4H3. The number of benzene rings is 1. The number of hydrogen-bond acceptors (Lipinski definition) is 5. The lowest BCUT2D eigenvalue weighted by Crippen LogP contribution is -2.13. The van der Waals surface area contributed by atoms with Crippen molar-refractivity contribution in [2.75, 3.05) is 28.3 Å². The van der Waals surface area contributed by atoms with E-state index < -0.39 is 11.9 Å². The van der Waals surface area contributed by atoms with Gasteiger partial charge < -0.3 is 14.4 Å². The maximum atomic E-state index is 11.8. The molecule has 102 valence electrons. The van der Waals surface area contributed by atoms with Gasteiger partial charge in [-0.05, 0) is 6.07 Å². The Morgan fingerprint density at radius 3 is 2.11 bits per heavy atom. The Bertz CT molecular complexity index is 506. The van der Waals surface area contributed by atoms with Crippen molar-refractivity contribution in [3.8, 4) is 0 Å². The molecule has 0 bridgehead atoms. The van der Waals surface area contributed by atoms with Crippen molar-refractivity contribution in [1.29, 1.82) is 0 Å². The highest BCUT2D eigenvalue weighted by molar-refractivity contribution is 6.18. The van der Waals surface area contributed by atoms with E-state index in [0.29, 0.717) is 16.7 Å². The van der Waals surface area contributed by atoms with E-state index in [9.17, 15) is 9.59 Å². The van der Waals surface area contributed by atoms with E-state index in [0.717, 1.165) is 0 Å². The summed E-state index contributed by atoms with van der Waals surface area (Å²) >= 11 is 0. The molecular formula is C14H17NO4. The Balaban J connectivity index is 3.39. The number of carbonyl (C=O) groups excluding carboxylic acids is 2. The Morgan fingerprint density at radius 1 is 1.05 bits per heavy atom. The topological polar surface area (TPSA) is 55.8 Å². The van der Waals surface area contributed by atoms with Crippen LogP contribution < -0.4 is 0 Å². The molecule has 0 saturated carbocycles. The van der Waals surface area contributed by atoms with Crippen molar-refractivity contribution in [2.24, 2.45) is 0 Å². The van der Waals surface area contributed by atoms with Gasteiger partial charge in [-0.25, -0.2) is 9.59 Å². The Kier molecular flexibility index (Phi) is 5.11. The average Bonchev–Trinajstić information content (AvgIpc) is 2.43. The van der Waals surface area contributed by atoms with E-state index >= 15 is 0 Å². The van der Waals surface area contributed by atoms with Gasteiger partial charge in [0.05, 0.1) is 25.4 Å². The van der Waals surface area contributed by atoms with E-state index in [4.69, 9.17) is 9.47 Å². The van der Waals surface area contributed by atoms with Crippen LogP contribution in [0, 0.1) is 0 Å². The number of methoxy groups -OCH3 is 2. The first-order valence-electron chi connectivity index (χ1n) is 5.65. The molecule has 1 aromatic carbocycles. The molecule has 19 heavy (non-hydrogen) atoms. The highest BCUT2D eigenvalue weighted by Crippen LogP contribution is 2.21. The molecule has 0 aliphatic heterocycles. The summed E-state index contributed by atoms with van der Waals surface area (Å²) in [4.78, 5) is 25.3. The molecule has 0 radical (unpaired) electrons. The van der Waals surface area contributed by atoms with Crippen LogP contribution in [0.15, 0.2) is 30.5 Å². The largest absolute Gasteiger partial charge is 0.465 e. The van der Waals surface area contributed by atoms with Gasteiger partial charge in [0, 0.05) is 25.9 Å². The van der Waals surface area contributed by atoms with E-state index in [2.05, 4.69) is 0 Å². The van der Waals surface area contributed by atoms with Crippen LogP contribution in [0.1, 0.15) is 15.9 Å². The number of rotatable bonds is 4. The first-order valence-corrected chi connectivity index (χ1v) is 5.65. The summed E-state index contributed by atoms with van der Waals surface area (Å²) in [5, 5.41) is 0. The molecule has 0 N–H and O–H groups in total. The van der Waals surface area contributed by atoms with Gasteiger partial charge in [0.15, 0.2) is 0 Å². The minimum Gasteiger partial charge on any atom is -0.465 e. The number of ether oxygens (including phenoxy) is 2. The zero-order chi connectivity index (χ0) is 14.4. The predicted octanol–water partition coefficient (Wildman–Crippen LogP) is 1.55. The van der Waals surface area contributed by atoms with Gasteiger partial charge in [0.25, 0.3) is 0 Å². The molecule has 5 nitrogen and oxygen atoms in total. The third-order valence-corrected chi connectivity index (χ3v) is 2.42. The lowest BCUT2D eigenvalue weighted by Gasteiger charge is -2.13. The second-order valence-electron chi connectivity index (χ2n) is 4.04. The monoisotopic (exact) mass is 263 g/mol. The van der Waals surface area contributed by atoms with E-state index in [1.807, 2.05) is 0 Å². The van der Waals surface area contributed by atoms with Gasteiger partial charge in [-0.2, -0.15) is 0 Å². The van der Waals surface area contributed by atoms with E-state index in [1.54, 1.807) is 49.5 Å². The summed E-state index contributed by atoms with van der Waals surface area (Å²) in [6, 6.07) is 6.74. The summed E-state index contributed by atoms with van der Waals surface area (Å²) in [6.07, 6.45) is 1.60. The predicted molar refractivity (Wildman–Crippen MR) is 71.5 cm³/mol. The average molecular weight is 263 g/mol. The summed E-state index contributed by atoms with van der Waals surface area (Å²) in [5.74, 6) is -1.01. The Morgan fingerprint density at radius 2 is 1.63 bits per heavy atom. The van der Waals surface area contributed by atoms with Gasteiger partial charge in [0.1, 0.15) is 0 Å². The fraction of sp³-hybridized carbons (Fsp3) is 0.286. The Hall–Kier alpha value is -2.30. The van der Waals surface area contributed by atoms with Gasteiger partial charge >= 0.3 is 11.9 Å². The fourth-order valence-corrected chi connectivity index (χ4v) is 1.61. The van der Waals surface area contributed by atoms with Crippen molar-refractivity contribution < 1.29 is 19.1 Å². The van der Waals surface area contributed by atoms with Crippen LogP contribution in [-0.4, -0.2) is 45.2 Å². The normalized spacial score (nSPS) is 10.8. The molecule has 0 aromatic heterocycles. The maximum Gasteiger partial charge on any atom is 0.339 e. The molecule has 0 aliphatic rings. The molecule has 0 unspecified atom stereocenters. The lowest BCUT2D eigenvalue weighted by atomic mass is 10.0. The van der Waals surface area contributed by atoms with Gasteiger partial charge in [-0.3, -0.25) is 0 Å².